The summed E-state index contributed by atoms with van der Waals surface area (Å²) in [6, 6.07) is 16.8. The highest BCUT2D eigenvalue weighted by atomic mass is 35.5. The van der Waals surface area contributed by atoms with Crippen molar-refractivity contribution in [3.05, 3.63) is 86.0 Å². The fourth-order valence-electron chi connectivity index (χ4n) is 3.71. The number of thioether (sulfide) groups is 1. The summed E-state index contributed by atoms with van der Waals surface area (Å²) in [6.07, 6.45) is 0.639. The second kappa shape index (κ2) is 11.2. The molecule has 0 atom stereocenters. The van der Waals surface area contributed by atoms with Gasteiger partial charge in [0.25, 0.3) is 11.5 Å². The number of amides is 1. The van der Waals surface area contributed by atoms with E-state index in [4.69, 9.17) is 16.6 Å². The Morgan fingerprint density at radius 1 is 1.11 bits per heavy atom. The van der Waals surface area contributed by atoms with Gasteiger partial charge in [-0.2, -0.15) is 0 Å². The summed E-state index contributed by atoms with van der Waals surface area (Å²) in [5, 5.41) is 4.28. The van der Waals surface area contributed by atoms with Gasteiger partial charge in [-0.1, -0.05) is 80.5 Å². The summed E-state index contributed by atoms with van der Waals surface area (Å²) < 4.78 is 1.63. The van der Waals surface area contributed by atoms with E-state index in [1.165, 1.54) is 23.1 Å². The Morgan fingerprint density at radius 3 is 2.51 bits per heavy atom. The molecule has 0 aliphatic heterocycles. The van der Waals surface area contributed by atoms with Crippen LogP contribution in [0.5, 0.6) is 0 Å². The van der Waals surface area contributed by atoms with Crippen molar-refractivity contribution in [2.45, 2.75) is 45.8 Å². The van der Waals surface area contributed by atoms with E-state index in [2.05, 4.69) is 5.32 Å². The van der Waals surface area contributed by atoms with E-state index in [1.807, 2.05) is 51.1 Å². The summed E-state index contributed by atoms with van der Waals surface area (Å²) in [4.78, 5) is 45.2. The van der Waals surface area contributed by atoms with E-state index in [1.54, 1.807) is 35.8 Å². The van der Waals surface area contributed by atoms with Crippen LogP contribution in [-0.4, -0.2) is 27.0 Å². The molecular formula is C28H28ClN3O3S2. The topological polar surface area (TPSA) is 81.1 Å². The number of ketones is 1. The van der Waals surface area contributed by atoms with Crippen molar-refractivity contribution in [3.8, 4) is 0 Å². The molecule has 1 amide bonds. The van der Waals surface area contributed by atoms with Gasteiger partial charge in [-0.15, -0.1) is 11.3 Å². The molecule has 0 spiro atoms. The molecular weight excluding hydrogens is 526 g/mol. The lowest BCUT2D eigenvalue weighted by Gasteiger charge is -2.17. The summed E-state index contributed by atoms with van der Waals surface area (Å²) >= 11 is 8.50. The van der Waals surface area contributed by atoms with Crippen LogP contribution in [-0.2, 0) is 17.8 Å². The molecule has 0 radical (unpaired) electrons. The highest BCUT2D eigenvalue weighted by molar-refractivity contribution is 7.99. The molecule has 4 rings (SSSR count). The number of benzene rings is 2. The number of aryl methyl sites for hydroxylation is 2. The number of fused-ring (bicyclic) bond motifs is 1. The predicted molar refractivity (Wildman–Crippen MR) is 153 cm³/mol. The fraction of sp³-hybridized carbons (Fsp3) is 0.286. The maximum absolute atomic E-state index is 13.8. The van der Waals surface area contributed by atoms with E-state index in [-0.39, 0.29) is 23.0 Å². The molecule has 2 heterocycles. The first-order chi connectivity index (χ1) is 17.5. The van der Waals surface area contributed by atoms with E-state index >= 15 is 0 Å². The second-order valence-electron chi connectivity index (χ2n) is 9.75. The molecule has 0 unspecified atom stereocenters. The van der Waals surface area contributed by atoms with Crippen LogP contribution in [0.25, 0.3) is 10.2 Å². The Kier molecular flexibility index (Phi) is 8.21. The van der Waals surface area contributed by atoms with Crippen molar-refractivity contribution >= 4 is 62.3 Å². The summed E-state index contributed by atoms with van der Waals surface area (Å²) in [5.74, 6) is -0.0419. The Labute approximate surface area is 229 Å². The van der Waals surface area contributed by atoms with Crippen molar-refractivity contribution in [3.63, 3.8) is 0 Å². The molecule has 0 aliphatic carbocycles. The van der Waals surface area contributed by atoms with Crippen molar-refractivity contribution in [1.29, 1.82) is 0 Å². The third-order valence-corrected chi connectivity index (χ3v) is 8.34. The maximum Gasteiger partial charge on any atom is 0.266 e. The molecule has 37 heavy (non-hydrogen) atoms. The Hall–Kier alpha value is -2.94. The lowest BCUT2D eigenvalue weighted by molar-refractivity contribution is -0.123. The summed E-state index contributed by atoms with van der Waals surface area (Å²) in [5.41, 5.74) is 1.56. The second-order valence-corrected chi connectivity index (χ2v) is 12.1. The van der Waals surface area contributed by atoms with Gasteiger partial charge in [-0.25, -0.2) is 4.98 Å². The van der Waals surface area contributed by atoms with Crippen molar-refractivity contribution in [2.24, 2.45) is 5.41 Å². The van der Waals surface area contributed by atoms with Gasteiger partial charge in [0.05, 0.1) is 16.0 Å². The molecule has 0 saturated heterocycles. The van der Waals surface area contributed by atoms with Gasteiger partial charge in [-0.3, -0.25) is 19.0 Å². The minimum Gasteiger partial charge on any atom is -0.321 e. The quantitative estimate of drug-likeness (QED) is 0.196. The van der Waals surface area contributed by atoms with Crippen LogP contribution in [0, 0.1) is 12.3 Å². The zero-order chi connectivity index (χ0) is 26.7. The smallest absolute Gasteiger partial charge is 0.266 e. The minimum absolute atomic E-state index is 0.0744. The van der Waals surface area contributed by atoms with Crippen LogP contribution in [0.15, 0.2) is 64.5 Å². The number of nitrogens with one attached hydrogen (secondary N) is 1. The Bertz CT molecular complexity index is 1520. The zero-order valence-corrected chi connectivity index (χ0v) is 23.5. The molecule has 0 fully saturated rings. The number of hydrogen-bond donors (Lipinski definition) is 1. The van der Waals surface area contributed by atoms with Crippen LogP contribution in [0.3, 0.4) is 0 Å². The van der Waals surface area contributed by atoms with Gasteiger partial charge in [0, 0.05) is 22.7 Å². The van der Waals surface area contributed by atoms with Gasteiger partial charge >= 0.3 is 0 Å². The number of thiophene rings is 1. The monoisotopic (exact) mass is 553 g/mol. The Morgan fingerprint density at radius 2 is 1.84 bits per heavy atom. The van der Waals surface area contributed by atoms with E-state index in [0.29, 0.717) is 49.5 Å². The van der Waals surface area contributed by atoms with E-state index in [0.717, 1.165) is 5.56 Å². The molecule has 2 aromatic heterocycles. The SMILES string of the molecule is Cc1c(C(=O)Nc2cccc(Cl)c2)sc2nc(SCC(=O)C(C)(C)C)n(CCc3ccccc3)c(=O)c12. The molecule has 192 valence electrons. The van der Waals surface area contributed by atoms with E-state index < -0.39 is 5.41 Å². The van der Waals surface area contributed by atoms with Gasteiger partial charge in [0.2, 0.25) is 0 Å². The van der Waals surface area contributed by atoms with Gasteiger partial charge < -0.3 is 5.32 Å². The van der Waals surface area contributed by atoms with Crippen LogP contribution in [0.2, 0.25) is 5.02 Å². The minimum atomic E-state index is -0.489. The molecule has 0 bridgehead atoms. The molecule has 4 aromatic rings. The highest BCUT2D eigenvalue weighted by Crippen LogP contribution is 2.31. The summed E-state index contributed by atoms with van der Waals surface area (Å²) in [7, 11) is 0. The Balaban J connectivity index is 1.72. The van der Waals surface area contributed by atoms with Crippen molar-refractivity contribution in [1.82, 2.24) is 9.55 Å². The fourth-order valence-corrected chi connectivity index (χ4v) is 6.20. The van der Waals surface area contributed by atoms with Crippen LogP contribution in [0.4, 0.5) is 5.69 Å². The molecule has 1 N–H and O–H groups in total. The normalized spacial score (nSPS) is 11.6. The number of carbonyl (C=O) groups excluding carboxylic acids is 2. The first kappa shape index (κ1) is 27.1. The van der Waals surface area contributed by atoms with Crippen LogP contribution < -0.4 is 10.9 Å². The van der Waals surface area contributed by atoms with Gasteiger partial charge in [-0.05, 0) is 42.7 Å². The third kappa shape index (κ3) is 6.32. The number of carbonyl (C=O) groups is 2. The lowest BCUT2D eigenvalue weighted by Crippen LogP contribution is -2.26. The van der Waals surface area contributed by atoms with Crippen LogP contribution in [0.1, 0.15) is 41.6 Å². The molecule has 2 aromatic carbocycles. The number of anilines is 1. The number of rotatable bonds is 8. The first-order valence-corrected chi connectivity index (χ1v) is 14.0. The predicted octanol–water partition coefficient (Wildman–Crippen LogP) is 6.62. The summed E-state index contributed by atoms with van der Waals surface area (Å²) in [6.45, 7) is 7.82. The molecule has 6 nitrogen and oxygen atoms in total. The van der Waals surface area contributed by atoms with Gasteiger partial charge in [0.1, 0.15) is 10.6 Å². The molecule has 9 heteroatoms. The van der Waals surface area contributed by atoms with Crippen molar-refractivity contribution < 1.29 is 9.59 Å². The van der Waals surface area contributed by atoms with E-state index in [9.17, 15) is 14.4 Å². The maximum atomic E-state index is 13.8. The highest BCUT2D eigenvalue weighted by Gasteiger charge is 2.25. The molecule has 0 saturated carbocycles. The lowest BCUT2D eigenvalue weighted by atomic mass is 9.92. The van der Waals surface area contributed by atoms with Crippen LogP contribution >= 0.6 is 34.7 Å². The molecule has 0 aliphatic rings. The average Bonchev–Trinajstić information content (AvgIpc) is 3.18. The number of hydrogen-bond acceptors (Lipinski definition) is 6. The largest absolute Gasteiger partial charge is 0.321 e. The van der Waals surface area contributed by atoms with Crippen molar-refractivity contribution in [2.75, 3.05) is 11.1 Å². The average molecular weight is 554 g/mol. The van der Waals surface area contributed by atoms with Gasteiger partial charge in [0.15, 0.2) is 5.16 Å². The number of halogens is 1. The number of Topliss-reactive ketones (excluding diaryl/α,β-unsaturated/α-hetero) is 1. The first-order valence-electron chi connectivity index (χ1n) is 11.9. The third-order valence-electron chi connectivity index (χ3n) is 5.94. The standard InChI is InChI=1S/C28H28ClN3O3S2/c1-17-22-25(37-23(17)24(34)30-20-12-8-11-19(29)15-20)31-27(36-16-21(33)28(2,3)4)32(26(22)35)14-13-18-9-6-5-7-10-18/h5-12,15H,13-14,16H2,1-4H3,(H,30,34). The number of aromatic nitrogens is 2. The number of nitrogens with zero attached hydrogens (tertiary/aromatic N) is 2. The zero-order valence-electron chi connectivity index (χ0n) is 21.1.